The summed E-state index contributed by atoms with van der Waals surface area (Å²) in [6.45, 7) is 0.422. The van der Waals surface area contributed by atoms with Gasteiger partial charge in [0.2, 0.25) is 0 Å². The standard InChI is InChI=1S/C14H15FO2/c15-13-7-12(5-2-6-16)8-14(9-13)17-10-11-3-1-4-11/h7-9,11,16H,1,3-4,6,10H2. The number of benzene rings is 1. The highest BCUT2D eigenvalue weighted by Crippen LogP contribution is 2.27. The third-order valence-electron chi connectivity index (χ3n) is 2.89. The zero-order valence-electron chi connectivity index (χ0n) is 9.58. The van der Waals surface area contributed by atoms with Gasteiger partial charge < -0.3 is 9.84 Å². The number of hydrogen-bond acceptors (Lipinski definition) is 2. The first kappa shape index (κ1) is 11.9. The van der Waals surface area contributed by atoms with Gasteiger partial charge in [0.1, 0.15) is 18.2 Å². The number of rotatable bonds is 3. The Morgan fingerprint density at radius 1 is 1.35 bits per heavy atom. The maximum Gasteiger partial charge on any atom is 0.128 e. The quantitative estimate of drug-likeness (QED) is 0.813. The Labute approximate surface area is 100 Å². The highest BCUT2D eigenvalue weighted by atomic mass is 19.1. The summed E-state index contributed by atoms with van der Waals surface area (Å²) >= 11 is 0. The summed E-state index contributed by atoms with van der Waals surface area (Å²) in [5, 5.41) is 8.58. The lowest BCUT2D eigenvalue weighted by atomic mass is 9.86. The Balaban J connectivity index is 2.02. The van der Waals surface area contributed by atoms with Gasteiger partial charge in [-0.15, -0.1) is 0 Å². The molecule has 3 heteroatoms. The molecule has 2 nitrogen and oxygen atoms in total. The lowest BCUT2D eigenvalue weighted by Gasteiger charge is -2.25. The molecule has 0 aliphatic heterocycles. The summed E-state index contributed by atoms with van der Waals surface area (Å²) in [5.41, 5.74) is 0.530. The van der Waals surface area contributed by atoms with Gasteiger partial charge in [0.15, 0.2) is 0 Å². The fourth-order valence-electron chi connectivity index (χ4n) is 1.73. The van der Waals surface area contributed by atoms with E-state index in [0.717, 1.165) is 0 Å². The van der Waals surface area contributed by atoms with Gasteiger partial charge >= 0.3 is 0 Å². The molecule has 0 saturated heterocycles. The summed E-state index contributed by atoms with van der Waals surface area (Å²) < 4.78 is 18.8. The van der Waals surface area contributed by atoms with Crippen molar-refractivity contribution in [2.75, 3.05) is 13.2 Å². The van der Waals surface area contributed by atoms with Crippen LogP contribution in [0.15, 0.2) is 18.2 Å². The van der Waals surface area contributed by atoms with Crippen molar-refractivity contribution in [2.45, 2.75) is 19.3 Å². The van der Waals surface area contributed by atoms with Crippen LogP contribution in [0.2, 0.25) is 0 Å². The largest absolute Gasteiger partial charge is 0.493 e. The zero-order valence-corrected chi connectivity index (χ0v) is 9.58. The van der Waals surface area contributed by atoms with Crippen LogP contribution in [0.1, 0.15) is 24.8 Å². The first-order chi connectivity index (χ1) is 8.28. The summed E-state index contributed by atoms with van der Waals surface area (Å²) in [6, 6.07) is 4.39. The molecule has 1 N–H and O–H groups in total. The van der Waals surface area contributed by atoms with Crippen molar-refractivity contribution in [3.63, 3.8) is 0 Å². The summed E-state index contributed by atoms with van der Waals surface area (Å²) in [6.07, 6.45) is 3.67. The minimum Gasteiger partial charge on any atom is -0.493 e. The van der Waals surface area contributed by atoms with Crippen molar-refractivity contribution < 1.29 is 14.2 Å². The van der Waals surface area contributed by atoms with E-state index in [1.807, 2.05) is 0 Å². The average Bonchev–Trinajstić information content (AvgIpc) is 2.23. The monoisotopic (exact) mass is 234 g/mol. The van der Waals surface area contributed by atoms with Crippen molar-refractivity contribution >= 4 is 0 Å². The molecule has 1 fully saturated rings. The van der Waals surface area contributed by atoms with Crippen LogP contribution < -0.4 is 4.74 Å². The molecule has 0 aromatic heterocycles. The highest BCUT2D eigenvalue weighted by Gasteiger charge is 2.17. The third kappa shape index (κ3) is 3.47. The van der Waals surface area contributed by atoms with Crippen LogP contribution in [0.3, 0.4) is 0 Å². The molecule has 1 aromatic carbocycles. The minimum absolute atomic E-state index is 0.227. The molecule has 0 spiro atoms. The number of ether oxygens (including phenoxy) is 1. The van der Waals surface area contributed by atoms with Crippen molar-refractivity contribution in [3.05, 3.63) is 29.6 Å². The van der Waals surface area contributed by atoms with Crippen LogP contribution in [-0.4, -0.2) is 18.3 Å². The van der Waals surface area contributed by atoms with Crippen LogP contribution in [-0.2, 0) is 0 Å². The van der Waals surface area contributed by atoms with E-state index >= 15 is 0 Å². The second-order valence-electron chi connectivity index (χ2n) is 4.24. The summed E-state index contributed by atoms with van der Waals surface area (Å²) in [7, 11) is 0. The first-order valence-corrected chi connectivity index (χ1v) is 5.81. The van der Waals surface area contributed by atoms with Gasteiger partial charge in [0.05, 0.1) is 6.61 Å². The minimum atomic E-state index is -0.363. The molecule has 1 aromatic rings. The van der Waals surface area contributed by atoms with Crippen LogP contribution in [0.4, 0.5) is 4.39 Å². The molecule has 0 atom stereocenters. The van der Waals surface area contributed by atoms with Gasteiger partial charge in [0, 0.05) is 11.6 Å². The maximum absolute atomic E-state index is 13.3. The maximum atomic E-state index is 13.3. The number of hydrogen-bond donors (Lipinski definition) is 1. The second kappa shape index (κ2) is 5.70. The topological polar surface area (TPSA) is 29.5 Å². The Bertz CT molecular complexity index is 441. The molecule has 1 aliphatic rings. The van der Waals surface area contributed by atoms with Crippen LogP contribution >= 0.6 is 0 Å². The third-order valence-corrected chi connectivity index (χ3v) is 2.89. The molecule has 0 heterocycles. The molecule has 0 bridgehead atoms. The Morgan fingerprint density at radius 2 is 2.18 bits per heavy atom. The summed E-state index contributed by atoms with van der Waals surface area (Å²) in [4.78, 5) is 0. The molecule has 2 rings (SSSR count). The lowest BCUT2D eigenvalue weighted by Crippen LogP contribution is -2.19. The van der Waals surface area contributed by atoms with Crippen molar-refractivity contribution in [2.24, 2.45) is 5.92 Å². The van der Waals surface area contributed by atoms with Crippen LogP contribution in [0.5, 0.6) is 5.75 Å². The normalized spacial score (nSPS) is 14.7. The van der Waals surface area contributed by atoms with E-state index in [1.165, 1.54) is 31.4 Å². The lowest BCUT2D eigenvalue weighted by molar-refractivity contribution is 0.180. The van der Waals surface area contributed by atoms with E-state index in [2.05, 4.69) is 11.8 Å². The molecule has 1 saturated carbocycles. The molecule has 0 radical (unpaired) electrons. The van der Waals surface area contributed by atoms with Gasteiger partial charge in [-0.3, -0.25) is 0 Å². The number of aliphatic hydroxyl groups excluding tert-OH is 1. The number of halogens is 1. The highest BCUT2D eigenvalue weighted by molar-refractivity contribution is 5.40. The predicted molar refractivity (Wildman–Crippen MR) is 63.2 cm³/mol. The molecule has 17 heavy (non-hydrogen) atoms. The molecular formula is C14H15FO2. The SMILES string of the molecule is OCC#Cc1cc(F)cc(OCC2CCC2)c1. The molecule has 0 unspecified atom stereocenters. The molecular weight excluding hydrogens is 219 g/mol. The van der Waals surface area contributed by atoms with Gasteiger partial charge in [-0.05, 0) is 30.9 Å². The van der Waals surface area contributed by atoms with E-state index < -0.39 is 0 Å². The number of aliphatic hydroxyl groups is 1. The Hall–Kier alpha value is -1.53. The van der Waals surface area contributed by atoms with Crippen molar-refractivity contribution in [1.82, 2.24) is 0 Å². The van der Waals surface area contributed by atoms with Crippen molar-refractivity contribution in [3.8, 4) is 17.6 Å². The van der Waals surface area contributed by atoms with E-state index in [9.17, 15) is 4.39 Å². The summed E-state index contributed by atoms with van der Waals surface area (Å²) in [5.74, 6) is 5.93. The molecule has 0 amide bonds. The van der Waals surface area contributed by atoms with Gasteiger partial charge in [0.25, 0.3) is 0 Å². The van der Waals surface area contributed by atoms with Crippen molar-refractivity contribution in [1.29, 1.82) is 0 Å². The predicted octanol–water partition coefficient (Wildman–Crippen LogP) is 2.35. The fourth-order valence-corrected chi connectivity index (χ4v) is 1.73. The zero-order chi connectivity index (χ0) is 12.1. The van der Waals surface area contributed by atoms with Crippen LogP contribution in [0, 0.1) is 23.6 Å². The van der Waals surface area contributed by atoms with E-state index in [0.29, 0.717) is 23.8 Å². The first-order valence-electron chi connectivity index (χ1n) is 5.81. The molecule has 90 valence electrons. The fraction of sp³-hybridized carbons (Fsp3) is 0.429. The smallest absolute Gasteiger partial charge is 0.128 e. The van der Waals surface area contributed by atoms with Crippen LogP contribution in [0.25, 0.3) is 0 Å². The average molecular weight is 234 g/mol. The van der Waals surface area contributed by atoms with E-state index in [4.69, 9.17) is 9.84 Å². The van der Waals surface area contributed by atoms with E-state index in [-0.39, 0.29) is 12.4 Å². The Kier molecular flexibility index (Phi) is 4.00. The van der Waals surface area contributed by atoms with E-state index in [1.54, 1.807) is 6.07 Å². The van der Waals surface area contributed by atoms with Gasteiger partial charge in [-0.25, -0.2) is 4.39 Å². The van der Waals surface area contributed by atoms with Gasteiger partial charge in [-0.2, -0.15) is 0 Å². The molecule has 1 aliphatic carbocycles. The Morgan fingerprint density at radius 3 is 2.82 bits per heavy atom. The second-order valence-corrected chi connectivity index (χ2v) is 4.24. The van der Waals surface area contributed by atoms with Gasteiger partial charge in [-0.1, -0.05) is 18.3 Å².